The van der Waals surface area contributed by atoms with Crippen molar-refractivity contribution in [3.63, 3.8) is 0 Å². The van der Waals surface area contributed by atoms with Gasteiger partial charge in [0.2, 0.25) is 6.79 Å². The molecule has 1 aromatic carbocycles. The maximum absolute atomic E-state index is 5.36. The molecule has 88 valence electrons. The summed E-state index contributed by atoms with van der Waals surface area (Å²) in [7, 11) is 0. The molecule has 0 aliphatic carbocycles. The number of ether oxygens (including phenoxy) is 2. The van der Waals surface area contributed by atoms with Crippen LogP contribution in [0.15, 0.2) is 29.0 Å². The molecular weight excluding hydrogens is 286 g/mol. The first kappa shape index (κ1) is 10.5. The standard InChI is InChI=1S/C11H10BrN3O2/c12-9-1-7(2-10-11(9)17-6-16-10)3-13-8-4-14-15-5-8/h1-2,4-5,13H,3,6H2,(H,14,15). The molecule has 6 heteroatoms. The Morgan fingerprint density at radius 1 is 1.41 bits per heavy atom. The van der Waals surface area contributed by atoms with Gasteiger partial charge >= 0.3 is 0 Å². The van der Waals surface area contributed by atoms with E-state index in [9.17, 15) is 0 Å². The Kier molecular flexibility index (Phi) is 2.64. The fourth-order valence-corrected chi connectivity index (χ4v) is 2.28. The highest BCUT2D eigenvalue weighted by atomic mass is 79.9. The van der Waals surface area contributed by atoms with Crippen LogP contribution >= 0.6 is 15.9 Å². The molecule has 0 atom stereocenters. The first-order chi connectivity index (χ1) is 8.33. The molecular formula is C11H10BrN3O2. The van der Waals surface area contributed by atoms with Crippen molar-refractivity contribution in [3.8, 4) is 11.5 Å². The van der Waals surface area contributed by atoms with Gasteiger partial charge in [0.25, 0.3) is 0 Å². The van der Waals surface area contributed by atoms with Crippen LogP contribution in [0.2, 0.25) is 0 Å². The normalized spacial score (nSPS) is 12.8. The van der Waals surface area contributed by atoms with Gasteiger partial charge in [-0.3, -0.25) is 5.10 Å². The average molecular weight is 296 g/mol. The lowest BCUT2D eigenvalue weighted by molar-refractivity contribution is 0.173. The lowest BCUT2D eigenvalue weighted by Crippen LogP contribution is -1.98. The Balaban J connectivity index is 1.78. The zero-order valence-corrected chi connectivity index (χ0v) is 10.5. The smallest absolute Gasteiger partial charge is 0.231 e. The van der Waals surface area contributed by atoms with Gasteiger partial charge in [-0.25, -0.2) is 0 Å². The summed E-state index contributed by atoms with van der Waals surface area (Å²) in [5.41, 5.74) is 2.07. The number of rotatable bonds is 3. The average Bonchev–Trinajstić information content (AvgIpc) is 2.97. The predicted molar refractivity (Wildman–Crippen MR) is 66.2 cm³/mol. The second-order valence-electron chi connectivity index (χ2n) is 3.65. The lowest BCUT2D eigenvalue weighted by atomic mass is 10.2. The zero-order valence-electron chi connectivity index (χ0n) is 8.87. The Hall–Kier alpha value is -1.69. The van der Waals surface area contributed by atoms with Gasteiger partial charge < -0.3 is 14.8 Å². The summed E-state index contributed by atoms with van der Waals surface area (Å²) >= 11 is 3.47. The van der Waals surface area contributed by atoms with Gasteiger partial charge in [-0.15, -0.1) is 0 Å². The molecule has 2 N–H and O–H groups in total. The summed E-state index contributed by atoms with van der Waals surface area (Å²) in [6, 6.07) is 3.99. The number of H-pyrrole nitrogens is 1. The van der Waals surface area contributed by atoms with Gasteiger partial charge in [0, 0.05) is 12.7 Å². The highest BCUT2D eigenvalue weighted by Crippen LogP contribution is 2.40. The largest absolute Gasteiger partial charge is 0.454 e. The van der Waals surface area contributed by atoms with Gasteiger partial charge in [-0.05, 0) is 33.6 Å². The summed E-state index contributed by atoms with van der Waals surface area (Å²) < 4.78 is 11.6. The molecule has 1 aliphatic heterocycles. The van der Waals surface area contributed by atoms with Crippen LogP contribution in [0.5, 0.6) is 11.5 Å². The predicted octanol–water partition coefficient (Wildman–Crippen LogP) is 2.51. The molecule has 1 aromatic heterocycles. The number of halogens is 1. The Labute approximate surface area is 106 Å². The van der Waals surface area contributed by atoms with E-state index in [2.05, 4.69) is 31.4 Å². The molecule has 0 saturated heterocycles. The van der Waals surface area contributed by atoms with Gasteiger partial charge in [-0.2, -0.15) is 5.10 Å². The minimum Gasteiger partial charge on any atom is -0.454 e. The number of hydrogen-bond acceptors (Lipinski definition) is 4. The molecule has 0 spiro atoms. The summed E-state index contributed by atoms with van der Waals surface area (Å²) in [4.78, 5) is 0. The summed E-state index contributed by atoms with van der Waals surface area (Å²) in [5, 5.41) is 9.87. The molecule has 0 bridgehead atoms. The molecule has 2 aromatic rings. The van der Waals surface area contributed by atoms with E-state index in [1.54, 1.807) is 6.20 Å². The molecule has 1 aliphatic rings. The Bertz CT molecular complexity index is 528. The van der Waals surface area contributed by atoms with Crippen molar-refractivity contribution < 1.29 is 9.47 Å². The number of nitrogens with zero attached hydrogens (tertiary/aromatic N) is 1. The van der Waals surface area contributed by atoms with Crippen molar-refractivity contribution in [2.24, 2.45) is 0 Å². The number of benzene rings is 1. The van der Waals surface area contributed by atoms with Gasteiger partial charge in [0.05, 0.1) is 16.4 Å². The molecule has 0 fully saturated rings. The SMILES string of the molecule is Brc1cc(CNc2cn[nH]c2)cc2c1OCO2. The van der Waals surface area contributed by atoms with Crippen LogP contribution in [0.25, 0.3) is 0 Å². The van der Waals surface area contributed by atoms with Crippen molar-refractivity contribution in [1.29, 1.82) is 0 Å². The number of aromatic amines is 1. The minimum absolute atomic E-state index is 0.284. The molecule has 0 amide bonds. The Morgan fingerprint density at radius 2 is 2.35 bits per heavy atom. The number of nitrogens with one attached hydrogen (secondary N) is 2. The monoisotopic (exact) mass is 295 g/mol. The molecule has 0 unspecified atom stereocenters. The van der Waals surface area contributed by atoms with Crippen LogP contribution in [-0.4, -0.2) is 17.0 Å². The van der Waals surface area contributed by atoms with Crippen LogP contribution in [0.3, 0.4) is 0 Å². The molecule has 2 heterocycles. The van der Waals surface area contributed by atoms with Crippen molar-refractivity contribution in [1.82, 2.24) is 10.2 Å². The van der Waals surface area contributed by atoms with Crippen LogP contribution < -0.4 is 14.8 Å². The van der Waals surface area contributed by atoms with E-state index in [0.717, 1.165) is 27.2 Å². The fraction of sp³-hybridized carbons (Fsp3) is 0.182. The van der Waals surface area contributed by atoms with E-state index in [1.165, 1.54) is 0 Å². The highest BCUT2D eigenvalue weighted by Gasteiger charge is 2.17. The molecule has 3 rings (SSSR count). The van der Waals surface area contributed by atoms with Crippen LogP contribution in [0, 0.1) is 0 Å². The van der Waals surface area contributed by atoms with E-state index in [-0.39, 0.29) is 6.79 Å². The summed E-state index contributed by atoms with van der Waals surface area (Å²) in [6.45, 7) is 0.987. The third kappa shape index (κ3) is 2.08. The van der Waals surface area contributed by atoms with E-state index >= 15 is 0 Å². The maximum atomic E-state index is 5.36. The van der Waals surface area contributed by atoms with Crippen LogP contribution in [-0.2, 0) is 6.54 Å². The van der Waals surface area contributed by atoms with Crippen molar-refractivity contribution in [3.05, 3.63) is 34.6 Å². The number of hydrogen-bond donors (Lipinski definition) is 2. The van der Waals surface area contributed by atoms with Crippen molar-refractivity contribution in [2.45, 2.75) is 6.54 Å². The number of fused-ring (bicyclic) bond motifs is 1. The molecule has 0 radical (unpaired) electrons. The maximum Gasteiger partial charge on any atom is 0.231 e. The minimum atomic E-state index is 0.284. The third-order valence-corrected chi connectivity index (χ3v) is 3.07. The van der Waals surface area contributed by atoms with E-state index in [4.69, 9.17) is 9.47 Å². The quantitative estimate of drug-likeness (QED) is 0.913. The topological polar surface area (TPSA) is 59.2 Å². The lowest BCUT2D eigenvalue weighted by Gasteiger charge is -2.06. The van der Waals surface area contributed by atoms with Crippen LogP contribution in [0.1, 0.15) is 5.56 Å². The Morgan fingerprint density at radius 3 is 3.18 bits per heavy atom. The summed E-state index contributed by atoms with van der Waals surface area (Å²) in [6.07, 6.45) is 3.55. The third-order valence-electron chi connectivity index (χ3n) is 2.48. The van der Waals surface area contributed by atoms with Gasteiger partial charge in [-0.1, -0.05) is 0 Å². The van der Waals surface area contributed by atoms with Crippen LogP contribution in [0.4, 0.5) is 5.69 Å². The first-order valence-corrected chi connectivity index (χ1v) is 5.93. The molecule has 17 heavy (non-hydrogen) atoms. The number of anilines is 1. The van der Waals surface area contributed by atoms with E-state index in [0.29, 0.717) is 6.54 Å². The first-order valence-electron chi connectivity index (χ1n) is 5.13. The van der Waals surface area contributed by atoms with Gasteiger partial charge in [0.15, 0.2) is 11.5 Å². The zero-order chi connectivity index (χ0) is 11.7. The summed E-state index contributed by atoms with van der Waals surface area (Å²) in [5.74, 6) is 1.56. The fourth-order valence-electron chi connectivity index (χ4n) is 1.67. The molecule has 0 saturated carbocycles. The van der Waals surface area contributed by atoms with Crippen molar-refractivity contribution >= 4 is 21.6 Å². The van der Waals surface area contributed by atoms with E-state index < -0.39 is 0 Å². The molecule has 5 nitrogen and oxygen atoms in total. The second kappa shape index (κ2) is 4.29. The number of aromatic nitrogens is 2. The second-order valence-corrected chi connectivity index (χ2v) is 4.51. The van der Waals surface area contributed by atoms with E-state index in [1.807, 2.05) is 18.3 Å². The van der Waals surface area contributed by atoms with Gasteiger partial charge in [0.1, 0.15) is 0 Å². The highest BCUT2D eigenvalue weighted by molar-refractivity contribution is 9.10. The van der Waals surface area contributed by atoms with Crippen molar-refractivity contribution in [2.75, 3.05) is 12.1 Å².